The zero-order valence-corrected chi connectivity index (χ0v) is 11.1. The number of hydrogen-bond acceptors (Lipinski definition) is 3. The van der Waals surface area contributed by atoms with Crippen LogP contribution in [0.5, 0.6) is 0 Å². The normalized spacial score (nSPS) is 10.8. The minimum Gasteiger partial charge on any atom is -0.359 e. The van der Waals surface area contributed by atoms with Crippen LogP contribution in [0, 0.1) is 5.92 Å². The Kier molecular flexibility index (Phi) is 4.54. The molecule has 0 saturated carbocycles. The van der Waals surface area contributed by atoms with Gasteiger partial charge in [-0.25, -0.2) is 4.98 Å². The van der Waals surface area contributed by atoms with Crippen LogP contribution in [0.4, 0.5) is 5.82 Å². The smallest absolute Gasteiger partial charge is 0.132 e. The molecule has 0 aliphatic rings. The van der Waals surface area contributed by atoms with Crippen molar-refractivity contribution >= 4 is 21.7 Å². The first-order valence-corrected chi connectivity index (χ1v) is 5.89. The molecule has 0 fully saturated rings. The predicted molar refractivity (Wildman–Crippen MR) is 67.9 cm³/mol. The molecule has 2 N–H and O–H groups in total. The molecule has 0 atom stereocenters. The third-order valence-corrected chi connectivity index (χ3v) is 2.56. The minimum atomic E-state index is 0.518. The molecular weight excluding hydrogens is 254 g/mol. The van der Waals surface area contributed by atoms with Crippen molar-refractivity contribution in [1.82, 2.24) is 4.98 Å². The molecule has 84 valence electrons. The lowest BCUT2D eigenvalue weighted by atomic mass is 10.2. The standard InChI is InChI=1S/C11H18BrN3/c1-8(2)7-15(3)11-9(5-13)4-10(12)6-14-11/h4,6,8H,5,7,13H2,1-3H3. The molecule has 0 aliphatic carbocycles. The molecule has 1 aromatic heterocycles. The Balaban J connectivity index is 2.92. The van der Waals surface area contributed by atoms with Gasteiger partial charge in [0.05, 0.1) is 0 Å². The lowest BCUT2D eigenvalue weighted by Crippen LogP contribution is -2.25. The molecule has 0 unspecified atom stereocenters. The predicted octanol–water partition coefficient (Wildman–Crippen LogP) is 2.40. The molecular formula is C11H18BrN3. The van der Waals surface area contributed by atoms with Crippen LogP contribution in [0.3, 0.4) is 0 Å². The first-order valence-electron chi connectivity index (χ1n) is 5.10. The molecule has 0 saturated heterocycles. The van der Waals surface area contributed by atoms with Gasteiger partial charge in [-0.2, -0.15) is 0 Å². The molecule has 0 aromatic carbocycles. The largest absolute Gasteiger partial charge is 0.359 e. The van der Waals surface area contributed by atoms with Crippen molar-refractivity contribution in [2.24, 2.45) is 11.7 Å². The van der Waals surface area contributed by atoms with Gasteiger partial charge in [0.1, 0.15) is 5.82 Å². The number of hydrogen-bond donors (Lipinski definition) is 1. The van der Waals surface area contributed by atoms with Crippen molar-refractivity contribution in [2.45, 2.75) is 20.4 Å². The second-order valence-corrected chi connectivity index (χ2v) is 5.03. The molecule has 1 heterocycles. The van der Waals surface area contributed by atoms with E-state index in [9.17, 15) is 0 Å². The van der Waals surface area contributed by atoms with E-state index < -0.39 is 0 Å². The maximum atomic E-state index is 5.70. The molecule has 0 spiro atoms. The number of halogens is 1. The summed E-state index contributed by atoms with van der Waals surface area (Å²) in [6.45, 7) is 5.89. The van der Waals surface area contributed by atoms with Gasteiger partial charge in [0, 0.05) is 36.4 Å². The van der Waals surface area contributed by atoms with Crippen LogP contribution in [-0.2, 0) is 6.54 Å². The van der Waals surface area contributed by atoms with E-state index in [2.05, 4.69) is 46.7 Å². The highest BCUT2D eigenvalue weighted by Gasteiger charge is 2.09. The van der Waals surface area contributed by atoms with E-state index in [1.165, 1.54) is 0 Å². The van der Waals surface area contributed by atoms with Gasteiger partial charge in [-0.1, -0.05) is 13.8 Å². The second kappa shape index (κ2) is 5.47. The van der Waals surface area contributed by atoms with Gasteiger partial charge in [-0.05, 0) is 27.9 Å². The topological polar surface area (TPSA) is 42.2 Å². The van der Waals surface area contributed by atoms with Crippen LogP contribution in [0.1, 0.15) is 19.4 Å². The van der Waals surface area contributed by atoms with Crippen LogP contribution in [0.2, 0.25) is 0 Å². The summed E-state index contributed by atoms with van der Waals surface area (Å²) >= 11 is 3.40. The molecule has 0 radical (unpaired) electrons. The Bertz CT molecular complexity index is 326. The Morgan fingerprint density at radius 3 is 2.73 bits per heavy atom. The van der Waals surface area contributed by atoms with E-state index in [4.69, 9.17) is 5.73 Å². The average Bonchev–Trinajstić information content (AvgIpc) is 2.16. The highest BCUT2D eigenvalue weighted by molar-refractivity contribution is 9.10. The summed E-state index contributed by atoms with van der Waals surface area (Å²) in [7, 11) is 2.05. The fourth-order valence-corrected chi connectivity index (χ4v) is 1.98. The van der Waals surface area contributed by atoms with E-state index in [0.29, 0.717) is 12.5 Å². The van der Waals surface area contributed by atoms with E-state index in [-0.39, 0.29) is 0 Å². The quantitative estimate of drug-likeness (QED) is 0.915. The van der Waals surface area contributed by atoms with E-state index in [0.717, 1.165) is 22.4 Å². The Morgan fingerprint density at radius 1 is 1.53 bits per heavy atom. The Hall–Kier alpha value is -0.610. The first-order chi connectivity index (χ1) is 7.04. The van der Waals surface area contributed by atoms with Gasteiger partial charge in [0.15, 0.2) is 0 Å². The van der Waals surface area contributed by atoms with Gasteiger partial charge in [-0.15, -0.1) is 0 Å². The first kappa shape index (κ1) is 12.5. The van der Waals surface area contributed by atoms with E-state index in [1.54, 1.807) is 0 Å². The monoisotopic (exact) mass is 271 g/mol. The van der Waals surface area contributed by atoms with Crippen molar-refractivity contribution in [3.05, 3.63) is 22.3 Å². The summed E-state index contributed by atoms with van der Waals surface area (Å²) in [4.78, 5) is 6.55. The third kappa shape index (κ3) is 3.47. The maximum Gasteiger partial charge on any atom is 0.132 e. The summed E-state index contributed by atoms with van der Waals surface area (Å²) < 4.78 is 0.977. The molecule has 1 rings (SSSR count). The van der Waals surface area contributed by atoms with E-state index >= 15 is 0 Å². The summed E-state index contributed by atoms with van der Waals surface area (Å²) in [6.07, 6.45) is 1.81. The lowest BCUT2D eigenvalue weighted by molar-refractivity contribution is 0.633. The summed E-state index contributed by atoms with van der Waals surface area (Å²) in [5, 5.41) is 0. The fraction of sp³-hybridized carbons (Fsp3) is 0.545. The summed E-state index contributed by atoms with van der Waals surface area (Å²) in [5.74, 6) is 1.60. The molecule has 0 bridgehead atoms. The van der Waals surface area contributed by atoms with Crippen LogP contribution < -0.4 is 10.6 Å². The summed E-state index contributed by atoms with van der Waals surface area (Å²) in [5.41, 5.74) is 6.78. The van der Waals surface area contributed by atoms with Gasteiger partial charge >= 0.3 is 0 Å². The zero-order chi connectivity index (χ0) is 11.4. The van der Waals surface area contributed by atoms with Gasteiger partial charge < -0.3 is 10.6 Å². The minimum absolute atomic E-state index is 0.518. The lowest BCUT2D eigenvalue weighted by Gasteiger charge is -2.22. The third-order valence-electron chi connectivity index (χ3n) is 2.13. The van der Waals surface area contributed by atoms with Gasteiger partial charge in [-0.3, -0.25) is 0 Å². The maximum absolute atomic E-state index is 5.70. The number of aromatic nitrogens is 1. The molecule has 4 heteroatoms. The number of nitrogens with two attached hydrogens (primary N) is 1. The van der Waals surface area contributed by atoms with Crippen molar-refractivity contribution in [1.29, 1.82) is 0 Å². The van der Waals surface area contributed by atoms with E-state index in [1.807, 2.05) is 12.3 Å². The van der Waals surface area contributed by atoms with Crippen LogP contribution in [0.25, 0.3) is 0 Å². The second-order valence-electron chi connectivity index (χ2n) is 4.11. The fourth-order valence-electron chi connectivity index (χ4n) is 1.60. The SMILES string of the molecule is CC(C)CN(C)c1ncc(Br)cc1CN. The number of rotatable bonds is 4. The molecule has 0 amide bonds. The Morgan fingerprint density at radius 2 is 2.20 bits per heavy atom. The molecule has 15 heavy (non-hydrogen) atoms. The van der Waals surface area contributed by atoms with Gasteiger partial charge in [0.25, 0.3) is 0 Å². The van der Waals surface area contributed by atoms with Crippen LogP contribution in [0.15, 0.2) is 16.7 Å². The van der Waals surface area contributed by atoms with Crippen LogP contribution in [-0.4, -0.2) is 18.6 Å². The summed E-state index contributed by atoms with van der Waals surface area (Å²) in [6, 6.07) is 2.03. The molecule has 3 nitrogen and oxygen atoms in total. The van der Waals surface area contributed by atoms with Crippen molar-refractivity contribution in [3.63, 3.8) is 0 Å². The molecule has 1 aromatic rings. The zero-order valence-electron chi connectivity index (χ0n) is 9.50. The average molecular weight is 272 g/mol. The molecule has 0 aliphatic heterocycles. The highest BCUT2D eigenvalue weighted by atomic mass is 79.9. The van der Waals surface area contributed by atoms with Gasteiger partial charge in [0.2, 0.25) is 0 Å². The van der Waals surface area contributed by atoms with Crippen molar-refractivity contribution in [2.75, 3.05) is 18.5 Å². The van der Waals surface area contributed by atoms with Crippen molar-refractivity contribution < 1.29 is 0 Å². The Labute approximate surface area is 99.8 Å². The van der Waals surface area contributed by atoms with Crippen molar-refractivity contribution in [3.8, 4) is 0 Å². The van der Waals surface area contributed by atoms with Crippen LogP contribution >= 0.6 is 15.9 Å². The number of pyridine rings is 1. The number of anilines is 1. The highest BCUT2D eigenvalue weighted by Crippen LogP contribution is 2.20. The number of nitrogens with zero attached hydrogens (tertiary/aromatic N) is 2.